The zero-order valence-electron chi connectivity index (χ0n) is 18.9. The summed E-state index contributed by atoms with van der Waals surface area (Å²) in [4.78, 5) is 27.6. The molecule has 180 valence electrons. The maximum Gasteiger partial charge on any atom is 0.243 e. The predicted octanol–water partition coefficient (Wildman–Crippen LogP) is 3.95. The summed E-state index contributed by atoms with van der Waals surface area (Å²) in [5.41, 5.74) is 0.776. The van der Waals surface area contributed by atoms with Crippen molar-refractivity contribution in [3.63, 3.8) is 0 Å². The Balaban J connectivity index is 2.29. The molecule has 2 aromatic rings. The van der Waals surface area contributed by atoms with Crippen LogP contribution in [0.2, 0.25) is 10.0 Å². The van der Waals surface area contributed by atoms with E-state index < -0.39 is 28.5 Å². The molecule has 0 saturated heterocycles. The molecule has 7 nitrogen and oxygen atoms in total. The number of halogens is 2. The van der Waals surface area contributed by atoms with Gasteiger partial charge in [0.2, 0.25) is 21.8 Å². The van der Waals surface area contributed by atoms with Crippen molar-refractivity contribution in [1.82, 2.24) is 14.5 Å². The van der Waals surface area contributed by atoms with Crippen LogP contribution in [0.1, 0.15) is 32.3 Å². The lowest BCUT2D eigenvalue weighted by molar-refractivity contribution is -0.141. The van der Waals surface area contributed by atoms with E-state index in [9.17, 15) is 18.0 Å². The van der Waals surface area contributed by atoms with Gasteiger partial charge in [-0.15, -0.1) is 0 Å². The highest BCUT2D eigenvalue weighted by Gasteiger charge is 2.31. The number of hydrogen-bond donors (Lipinski definition) is 1. The zero-order valence-corrected chi connectivity index (χ0v) is 21.3. The monoisotopic (exact) mass is 513 g/mol. The Bertz CT molecular complexity index is 1040. The van der Waals surface area contributed by atoms with Crippen LogP contribution in [0, 0.1) is 0 Å². The first-order chi connectivity index (χ1) is 15.6. The minimum atomic E-state index is -3.92. The van der Waals surface area contributed by atoms with Crippen LogP contribution < -0.4 is 5.32 Å². The first-order valence-electron chi connectivity index (χ1n) is 10.6. The number of carbonyl (C=O) groups is 2. The molecule has 2 rings (SSSR count). The summed E-state index contributed by atoms with van der Waals surface area (Å²) in [6, 6.07) is 11.9. The third kappa shape index (κ3) is 7.43. The predicted molar refractivity (Wildman–Crippen MR) is 131 cm³/mol. The van der Waals surface area contributed by atoms with Crippen LogP contribution >= 0.6 is 23.2 Å². The van der Waals surface area contributed by atoms with Crippen LogP contribution in [0.15, 0.2) is 53.4 Å². The second kappa shape index (κ2) is 12.4. The number of rotatable bonds is 11. The fraction of sp³-hybridized carbons (Fsp3) is 0.391. The summed E-state index contributed by atoms with van der Waals surface area (Å²) >= 11 is 11.8. The Morgan fingerprint density at radius 1 is 0.970 bits per heavy atom. The van der Waals surface area contributed by atoms with Crippen molar-refractivity contribution in [2.75, 3.05) is 20.1 Å². The van der Waals surface area contributed by atoms with Crippen LogP contribution in [-0.4, -0.2) is 55.6 Å². The molecule has 0 bridgehead atoms. The van der Waals surface area contributed by atoms with E-state index in [0.717, 1.165) is 16.3 Å². The SMILES string of the molecule is CCCNC(=O)[C@H](CC)N(Cc1ccc(Cl)cc1)C(=O)CN(C)S(=O)(=O)c1ccc(Cl)cc1. The quantitative estimate of drug-likeness (QED) is 0.492. The van der Waals surface area contributed by atoms with Gasteiger partial charge in [0.1, 0.15) is 6.04 Å². The molecular weight excluding hydrogens is 485 g/mol. The number of hydrogen-bond acceptors (Lipinski definition) is 4. The van der Waals surface area contributed by atoms with Crippen molar-refractivity contribution >= 4 is 45.0 Å². The molecule has 10 heteroatoms. The molecular formula is C23H29Cl2N3O4S. The lowest BCUT2D eigenvalue weighted by Gasteiger charge is -2.32. The van der Waals surface area contributed by atoms with Crippen molar-refractivity contribution in [3.05, 3.63) is 64.1 Å². The molecule has 0 saturated carbocycles. The number of carbonyl (C=O) groups excluding carboxylic acids is 2. The summed E-state index contributed by atoms with van der Waals surface area (Å²) in [5.74, 6) is -0.756. The van der Waals surface area contributed by atoms with Crippen LogP contribution in [-0.2, 0) is 26.2 Å². The Kier molecular flexibility index (Phi) is 10.2. The Labute approximate surface area is 205 Å². The third-order valence-electron chi connectivity index (χ3n) is 5.08. The van der Waals surface area contributed by atoms with Gasteiger partial charge < -0.3 is 10.2 Å². The Hall–Kier alpha value is -2.13. The minimum Gasteiger partial charge on any atom is -0.354 e. The Morgan fingerprint density at radius 2 is 1.52 bits per heavy atom. The van der Waals surface area contributed by atoms with Gasteiger partial charge in [-0.05, 0) is 54.8 Å². The van der Waals surface area contributed by atoms with E-state index in [1.165, 1.54) is 36.2 Å². The highest BCUT2D eigenvalue weighted by molar-refractivity contribution is 7.89. The molecule has 0 aliphatic heterocycles. The fourth-order valence-electron chi connectivity index (χ4n) is 3.22. The molecule has 0 spiro atoms. The fourth-order valence-corrected chi connectivity index (χ4v) is 4.60. The maximum atomic E-state index is 13.3. The second-order valence-electron chi connectivity index (χ2n) is 7.58. The number of likely N-dealkylation sites (N-methyl/N-ethyl adjacent to an activating group) is 1. The number of nitrogens with zero attached hydrogens (tertiary/aromatic N) is 2. The second-order valence-corrected chi connectivity index (χ2v) is 10.5. The molecule has 2 amide bonds. The molecule has 2 aromatic carbocycles. The number of nitrogens with one attached hydrogen (secondary N) is 1. The van der Waals surface area contributed by atoms with Gasteiger partial charge in [-0.25, -0.2) is 8.42 Å². The molecule has 0 heterocycles. The highest BCUT2D eigenvalue weighted by atomic mass is 35.5. The Morgan fingerprint density at radius 3 is 2.03 bits per heavy atom. The van der Waals surface area contributed by atoms with Crippen molar-refractivity contribution in [2.24, 2.45) is 0 Å². The summed E-state index contributed by atoms with van der Waals surface area (Å²) < 4.78 is 26.8. The molecule has 0 aliphatic rings. The number of amides is 2. The van der Waals surface area contributed by atoms with E-state index in [0.29, 0.717) is 23.0 Å². The van der Waals surface area contributed by atoms with E-state index >= 15 is 0 Å². The smallest absolute Gasteiger partial charge is 0.243 e. The van der Waals surface area contributed by atoms with Gasteiger partial charge in [0, 0.05) is 30.2 Å². The van der Waals surface area contributed by atoms with Crippen molar-refractivity contribution in [1.29, 1.82) is 0 Å². The van der Waals surface area contributed by atoms with E-state index in [2.05, 4.69) is 5.32 Å². The molecule has 0 aliphatic carbocycles. The molecule has 0 aromatic heterocycles. The van der Waals surface area contributed by atoms with Crippen molar-refractivity contribution in [3.8, 4) is 0 Å². The summed E-state index contributed by atoms with van der Waals surface area (Å²) in [6.45, 7) is 3.96. The number of benzene rings is 2. The van der Waals surface area contributed by atoms with E-state index in [1.54, 1.807) is 24.3 Å². The van der Waals surface area contributed by atoms with Crippen molar-refractivity contribution in [2.45, 2.75) is 44.2 Å². The summed E-state index contributed by atoms with van der Waals surface area (Å²) in [7, 11) is -2.59. The topological polar surface area (TPSA) is 86.8 Å². The van der Waals surface area contributed by atoms with Gasteiger partial charge in [0.15, 0.2) is 0 Å². The van der Waals surface area contributed by atoms with Gasteiger partial charge in [-0.2, -0.15) is 4.31 Å². The standard InChI is InChI=1S/C23H29Cl2N3O4S/c1-4-14-26-23(30)21(5-2)28(15-17-6-8-18(24)9-7-17)22(29)16-27(3)33(31,32)20-12-10-19(25)11-13-20/h6-13,21H,4-5,14-16H2,1-3H3,(H,26,30)/t21-/m0/s1. The van der Waals surface area contributed by atoms with Crippen LogP contribution in [0.25, 0.3) is 0 Å². The maximum absolute atomic E-state index is 13.3. The van der Waals surface area contributed by atoms with Crippen LogP contribution in [0.3, 0.4) is 0 Å². The molecule has 0 fully saturated rings. The van der Waals surface area contributed by atoms with Crippen LogP contribution in [0.5, 0.6) is 0 Å². The van der Waals surface area contributed by atoms with Gasteiger partial charge in [-0.3, -0.25) is 9.59 Å². The normalized spacial score (nSPS) is 12.4. The molecule has 0 unspecified atom stereocenters. The molecule has 1 atom stereocenters. The largest absolute Gasteiger partial charge is 0.354 e. The molecule has 33 heavy (non-hydrogen) atoms. The first-order valence-corrected chi connectivity index (χ1v) is 12.8. The van der Waals surface area contributed by atoms with Crippen molar-refractivity contribution < 1.29 is 18.0 Å². The zero-order chi connectivity index (χ0) is 24.6. The van der Waals surface area contributed by atoms with E-state index in [1.807, 2.05) is 13.8 Å². The lowest BCUT2D eigenvalue weighted by atomic mass is 10.1. The van der Waals surface area contributed by atoms with E-state index in [4.69, 9.17) is 23.2 Å². The number of sulfonamides is 1. The van der Waals surface area contributed by atoms with Gasteiger partial charge >= 0.3 is 0 Å². The van der Waals surface area contributed by atoms with E-state index in [-0.39, 0.29) is 17.3 Å². The third-order valence-corrected chi connectivity index (χ3v) is 7.40. The first kappa shape index (κ1) is 27.1. The molecule has 1 N–H and O–H groups in total. The summed E-state index contributed by atoms with van der Waals surface area (Å²) in [6.07, 6.45) is 1.14. The van der Waals surface area contributed by atoms with Gasteiger partial charge in [-0.1, -0.05) is 49.2 Å². The lowest BCUT2D eigenvalue weighted by Crippen LogP contribution is -2.51. The molecule has 0 radical (unpaired) electrons. The minimum absolute atomic E-state index is 0.0270. The van der Waals surface area contributed by atoms with Crippen LogP contribution in [0.4, 0.5) is 0 Å². The van der Waals surface area contributed by atoms with Gasteiger partial charge in [0.05, 0.1) is 11.4 Å². The van der Waals surface area contributed by atoms with Gasteiger partial charge in [0.25, 0.3) is 0 Å². The average molecular weight is 514 g/mol. The highest BCUT2D eigenvalue weighted by Crippen LogP contribution is 2.19. The summed E-state index contributed by atoms with van der Waals surface area (Å²) in [5, 5.41) is 3.79. The average Bonchev–Trinajstić information content (AvgIpc) is 2.78.